The maximum absolute atomic E-state index is 12.6. The topological polar surface area (TPSA) is 65.4 Å². The smallest absolute Gasteiger partial charge is 0.266 e. The van der Waals surface area contributed by atoms with Gasteiger partial charge in [-0.05, 0) is 60.2 Å². The maximum Gasteiger partial charge on any atom is 0.266 e. The summed E-state index contributed by atoms with van der Waals surface area (Å²) in [5, 5.41) is 12.3. The van der Waals surface area contributed by atoms with Crippen molar-refractivity contribution in [3.8, 4) is 11.8 Å². The minimum Gasteiger partial charge on any atom is -0.497 e. The molecule has 4 aromatic carbocycles. The van der Waals surface area contributed by atoms with Crippen molar-refractivity contribution >= 4 is 34.7 Å². The molecule has 0 bridgehead atoms. The number of para-hydroxylation sites is 2. The monoisotopic (exact) mass is 445 g/mol. The molecule has 0 unspecified atom stereocenters. The van der Waals surface area contributed by atoms with Crippen molar-refractivity contribution in [2.45, 2.75) is 0 Å². The number of anilines is 4. The van der Waals surface area contributed by atoms with E-state index in [0.717, 1.165) is 22.6 Å². The molecule has 0 spiro atoms. The molecule has 0 aliphatic heterocycles. The van der Waals surface area contributed by atoms with Crippen molar-refractivity contribution < 1.29 is 9.53 Å². The summed E-state index contributed by atoms with van der Waals surface area (Å²) in [5.74, 6) is 0.146. The number of ether oxygens (including phenoxy) is 1. The van der Waals surface area contributed by atoms with E-state index in [1.807, 2.05) is 66.7 Å². The van der Waals surface area contributed by atoms with Crippen molar-refractivity contribution in [1.29, 1.82) is 5.26 Å². The lowest BCUT2D eigenvalue weighted by atomic mass is 10.1. The van der Waals surface area contributed by atoms with Gasteiger partial charge in [0.1, 0.15) is 17.4 Å². The second-order valence-corrected chi connectivity index (χ2v) is 7.45. The predicted octanol–water partition coefficient (Wildman–Crippen LogP) is 6.71. The Morgan fingerprint density at radius 2 is 1.41 bits per heavy atom. The van der Waals surface area contributed by atoms with Gasteiger partial charge in [-0.15, -0.1) is 0 Å². The third-order valence-corrected chi connectivity index (χ3v) is 5.18. The molecule has 0 aromatic heterocycles. The van der Waals surface area contributed by atoms with Gasteiger partial charge in [0.2, 0.25) is 0 Å². The second kappa shape index (κ2) is 10.7. The summed E-state index contributed by atoms with van der Waals surface area (Å²) in [6.45, 7) is 0. The Labute approximate surface area is 199 Å². The highest BCUT2D eigenvalue weighted by Crippen LogP contribution is 2.34. The number of carbonyl (C=O) groups excluding carboxylic acids is 1. The summed E-state index contributed by atoms with van der Waals surface area (Å²) in [6, 6.07) is 36.9. The average Bonchev–Trinajstić information content (AvgIpc) is 2.89. The minimum atomic E-state index is -0.477. The van der Waals surface area contributed by atoms with E-state index in [-0.39, 0.29) is 5.57 Å². The highest BCUT2D eigenvalue weighted by atomic mass is 16.5. The Morgan fingerprint density at radius 3 is 1.97 bits per heavy atom. The van der Waals surface area contributed by atoms with Gasteiger partial charge >= 0.3 is 0 Å². The van der Waals surface area contributed by atoms with Crippen molar-refractivity contribution in [3.05, 3.63) is 120 Å². The van der Waals surface area contributed by atoms with Crippen LogP contribution in [-0.4, -0.2) is 13.0 Å². The molecule has 5 heteroatoms. The van der Waals surface area contributed by atoms with Gasteiger partial charge in [0.05, 0.1) is 7.11 Å². The van der Waals surface area contributed by atoms with Gasteiger partial charge in [-0.3, -0.25) is 4.79 Å². The van der Waals surface area contributed by atoms with Gasteiger partial charge in [-0.1, -0.05) is 54.6 Å². The van der Waals surface area contributed by atoms with E-state index in [9.17, 15) is 10.1 Å². The van der Waals surface area contributed by atoms with E-state index >= 15 is 0 Å². The summed E-state index contributed by atoms with van der Waals surface area (Å²) < 4.78 is 5.18. The van der Waals surface area contributed by atoms with Gasteiger partial charge < -0.3 is 15.0 Å². The van der Waals surface area contributed by atoms with Crippen LogP contribution in [0, 0.1) is 11.3 Å². The van der Waals surface area contributed by atoms with Crippen LogP contribution >= 0.6 is 0 Å². The third-order valence-electron chi connectivity index (χ3n) is 5.18. The molecule has 1 N–H and O–H groups in total. The molecule has 4 aromatic rings. The molecule has 34 heavy (non-hydrogen) atoms. The van der Waals surface area contributed by atoms with Gasteiger partial charge in [-0.25, -0.2) is 0 Å². The summed E-state index contributed by atoms with van der Waals surface area (Å²) in [5.41, 5.74) is 4.36. The summed E-state index contributed by atoms with van der Waals surface area (Å²) in [6.07, 6.45) is 1.58. The van der Waals surface area contributed by atoms with Crippen molar-refractivity contribution in [1.82, 2.24) is 0 Å². The number of hydrogen-bond acceptors (Lipinski definition) is 4. The van der Waals surface area contributed by atoms with Crippen LogP contribution in [0.4, 0.5) is 22.7 Å². The van der Waals surface area contributed by atoms with Crippen LogP contribution in [0.25, 0.3) is 6.08 Å². The first kappa shape index (κ1) is 22.4. The Balaban J connectivity index is 1.59. The maximum atomic E-state index is 12.6. The van der Waals surface area contributed by atoms with Crippen LogP contribution in [0.3, 0.4) is 0 Å². The molecule has 0 saturated carbocycles. The van der Waals surface area contributed by atoms with E-state index in [4.69, 9.17) is 4.74 Å². The zero-order valence-electron chi connectivity index (χ0n) is 18.7. The zero-order valence-corrected chi connectivity index (χ0v) is 18.7. The molecular weight excluding hydrogens is 422 g/mol. The fraction of sp³-hybridized carbons (Fsp3) is 0.0345. The van der Waals surface area contributed by atoms with Crippen LogP contribution < -0.4 is 15.0 Å². The first-order valence-corrected chi connectivity index (χ1v) is 10.8. The van der Waals surface area contributed by atoms with Crippen LogP contribution in [0.2, 0.25) is 0 Å². The normalized spacial score (nSPS) is 10.8. The lowest BCUT2D eigenvalue weighted by Gasteiger charge is -2.25. The highest BCUT2D eigenvalue weighted by Gasteiger charge is 2.13. The summed E-state index contributed by atoms with van der Waals surface area (Å²) in [7, 11) is 1.56. The van der Waals surface area contributed by atoms with Crippen molar-refractivity contribution in [2.24, 2.45) is 0 Å². The van der Waals surface area contributed by atoms with Crippen LogP contribution in [0.1, 0.15) is 5.56 Å². The fourth-order valence-corrected chi connectivity index (χ4v) is 3.54. The largest absolute Gasteiger partial charge is 0.497 e. The number of benzene rings is 4. The second-order valence-electron chi connectivity index (χ2n) is 7.45. The number of nitrogens with zero attached hydrogens (tertiary/aromatic N) is 2. The van der Waals surface area contributed by atoms with Crippen LogP contribution in [-0.2, 0) is 4.79 Å². The standard InChI is InChI=1S/C29H23N3O2/c1-34-28-14-8-9-24(20-28)31-29(33)23(21-30)19-22-15-17-27(18-16-22)32(25-10-4-2-5-11-25)26-12-6-3-7-13-26/h2-20H,1H3,(H,31,33)/b23-19+. The Hall–Kier alpha value is -4.82. The fourth-order valence-electron chi connectivity index (χ4n) is 3.54. The van der Waals surface area contributed by atoms with Gasteiger partial charge in [0, 0.05) is 28.8 Å². The highest BCUT2D eigenvalue weighted by molar-refractivity contribution is 6.09. The SMILES string of the molecule is COc1cccc(NC(=O)/C(C#N)=C/c2ccc(N(c3ccccc3)c3ccccc3)cc2)c1. The van der Waals surface area contributed by atoms with Crippen LogP contribution in [0.5, 0.6) is 5.75 Å². The third kappa shape index (κ3) is 5.32. The number of hydrogen-bond donors (Lipinski definition) is 1. The first-order chi connectivity index (χ1) is 16.7. The molecule has 1 amide bonds. The van der Waals surface area contributed by atoms with E-state index in [2.05, 4.69) is 34.5 Å². The van der Waals surface area contributed by atoms with Gasteiger partial charge in [0.15, 0.2) is 0 Å². The van der Waals surface area contributed by atoms with Gasteiger partial charge in [-0.2, -0.15) is 5.26 Å². The molecule has 0 aliphatic rings. The Bertz CT molecular complexity index is 1290. The number of nitrogens with one attached hydrogen (secondary N) is 1. The molecule has 5 nitrogen and oxygen atoms in total. The number of amides is 1. The summed E-state index contributed by atoms with van der Waals surface area (Å²) in [4.78, 5) is 14.8. The number of methoxy groups -OCH3 is 1. The molecule has 0 heterocycles. The molecule has 166 valence electrons. The number of rotatable bonds is 7. The van der Waals surface area contributed by atoms with E-state index in [1.54, 1.807) is 37.5 Å². The van der Waals surface area contributed by atoms with E-state index in [0.29, 0.717) is 11.4 Å². The average molecular weight is 446 g/mol. The minimum absolute atomic E-state index is 0.0125. The molecule has 0 saturated heterocycles. The van der Waals surface area contributed by atoms with Crippen LogP contribution in [0.15, 0.2) is 115 Å². The summed E-state index contributed by atoms with van der Waals surface area (Å²) >= 11 is 0. The molecule has 0 atom stereocenters. The molecule has 0 fully saturated rings. The Morgan fingerprint density at radius 1 is 0.824 bits per heavy atom. The zero-order chi connectivity index (χ0) is 23.8. The molecule has 4 rings (SSSR count). The molecule has 0 radical (unpaired) electrons. The lowest BCUT2D eigenvalue weighted by Crippen LogP contribution is -2.13. The van der Waals surface area contributed by atoms with Crippen molar-refractivity contribution in [2.75, 3.05) is 17.3 Å². The van der Waals surface area contributed by atoms with Crippen molar-refractivity contribution in [3.63, 3.8) is 0 Å². The van der Waals surface area contributed by atoms with E-state index in [1.165, 1.54) is 0 Å². The quantitative estimate of drug-likeness (QED) is 0.254. The molecular formula is C29H23N3O2. The number of nitriles is 1. The number of carbonyl (C=O) groups is 1. The Kier molecular flexibility index (Phi) is 7.02. The predicted molar refractivity (Wildman–Crippen MR) is 136 cm³/mol. The molecule has 0 aliphatic carbocycles. The lowest BCUT2D eigenvalue weighted by molar-refractivity contribution is -0.112. The van der Waals surface area contributed by atoms with Gasteiger partial charge in [0.25, 0.3) is 5.91 Å². The van der Waals surface area contributed by atoms with E-state index < -0.39 is 5.91 Å². The first-order valence-electron chi connectivity index (χ1n) is 10.8.